The summed E-state index contributed by atoms with van der Waals surface area (Å²) in [6, 6.07) is 5.11. The van der Waals surface area contributed by atoms with Crippen LogP contribution in [0.2, 0.25) is 5.02 Å². The number of anilines is 1. The van der Waals surface area contributed by atoms with Crippen LogP contribution in [0.25, 0.3) is 10.9 Å². The van der Waals surface area contributed by atoms with Gasteiger partial charge in [0.1, 0.15) is 0 Å². The molecular formula is C22H21ClF4N6O. The van der Waals surface area contributed by atoms with Crippen molar-refractivity contribution < 1.29 is 22.4 Å². The summed E-state index contributed by atoms with van der Waals surface area (Å²) in [6.07, 6.45) is -2.92. The Kier molecular flexibility index (Phi) is 5.62. The molecule has 0 unspecified atom stereocenters. The first kappa shape index (κ1) is 22.8. The van der Waals surface area contributed by atoms with Crippen molar-refractivity contribution in [2.45, 2.75) is 32.6 Å². The van der Waals surface area contributed by atoms with Crippen LogP contribution >= 0.6 is 11.6 Å². The molecule has 2 atom stereocenters. The minimum Gasteiger partial charge on any atom is -0.368 e. The first-order valence-corrected chi connectivity index (χ1v) is 11.3. The average molecular weight is 497 g/mol. The number of rotatable bonds is 2. The zero-order chi connectivity index (χ0) is 24.2. The molecule has 4 heterocycles. The van der Waals surface area contributed by atoms with E-state index in [1.807, 2.05) is 11.8 Å². The molecule has 2 aliphatic heterocycles. The monoisotopic (exact) mass is 496 g/mol. The third-order valence-corrected chi connectivity index (χ3v) is 6.85. The van der Waals surface area contributed by atoms with Gasteiger partial charge < -0.3 is 14.4 Å². The smallest absolute Gasteiger partial charge is 0.368 e. The highest BCUT2D eigenvalue weighted by atomic mass is 35.5. The molecule has 0 saturated carbocycles. The van der Waals surface area contributed by atoms with Crippen LogP contribution in [-0.2, 0) is 24.1 Å². The van der Waals surface area contributed by atoms with Crippen molar-refractivity contribution >= 4 is 34.1 Å². The molecule has 1 fully saturated rings. The Morgan fingerprint density at radius 2 is 1.97 bits per heavy atom. The highest BCUT2D eigenvalue weighted by Gasteiger charge is 2.41. The third-order valence-electron chi connectivity index (χ3n) is 6.62. The van der Waals surface area contributed by atoms with Gasteiger partial charge in [-0.2, -0.15) is 13.2 Å². The fraction of sp³-hybridized carbons (Fsp3) is 0.455. The maximum Gasteiger partial charge on any atom is 0.451 e. The lowest BCUT2D eigenvalue weighted by Gasteiger charge is -2.40. The zero-order valence-corrected chi connectivity index (χ0v) is 18.9. The number of carbonyl (C=O) groups excluding carboxylic acids is 1. The number of hydrogen-bond acceptors (Lipinski definition) is 5. The molecule has 1 aromatic carbocycles. The molecule has 0 aliphatic carbocycles. The van der Waals surface area contributed by atoms with Crippen molar-refractivity contribution in [3.63, 3.8) is 0 Å². The van der Waals surface area contributed by atoms with E-state index in [1.54, 1.807) is 23.1 Å². The second-order valence-corrected chi connectivity index (χ2v) is 9.22. The number of piperidine rings is 1. The molecule has 0 N–H and O–H groups in total. The Hall–Kier alpha value is -2.95. The Labute approximate surface area is 197 Å². The Bertz CT molecular complexity index is 1260. The van der Waals surface area contributed by atoms with Gasteiger partial charge >= 0.3 is 6.18 Å². The van der Waals surface area contributed by atoms with Crippen molar-refractivity contribution in [2.75, 3.05) is 24.5 Å². The van der Waals surface area contributed by atoms with Gasteiger partial charge in [0, 0.05) is 42.5 Å². The minimum absolute atomic E-state index is 0.00703. The molecule has 0 spiro atoms. The molecule has 12 heteroatoms. The normalized spacial score (nSPS) is 21.1. The quantitative estimate of drug-likeness (QED) is 0.499. The highest BCUT2D eigenvalue weighted by Crippen LogP contribution is 2.36. The van der Waals surface area contributed by atoms with E-state index in [0.717, 1.165) is 4.57 Å². The van der Waals surface area contributed by atoms with E-state index in [2.05, 4.69) is 15.2 Å². The van der Waals surface area contributed by atoms with Gasteiger partial charge in [-0.3, -0.25) is 9.78 Å². The van der Waals surface area contributed by atoms with Crippen LogP contribution in [0.3, 0.4) is 0 Å². The van der Waals surface area contributed by atoms with Crippen molar-refractivity contribution in [3.05, 3.63) is 46.9 Å². The highest BCUT2D eigenvalue weighted by molar-refractivity contribution is 6.31. The minimum atomic E-state index is -4.59. The van der Waals surface area contributed by atoms with Crippen LogP contribution in [0.5, 0.6) is 0 Å². The summed E-state index contributed by atoms with van der Waals surface area (Å²) in [6.45, 7) is 2.98. The summed E-state index contributed by atoms with van der Waals surface area (Å²) in [5.74, 6) is -1.89. The first-order chi connectivity index (χ1) is 16.1. The molecule has 2 aliphatic rings. The van der Waals surface area contributed by atoms with Crippen LogP contribution < -0.4 is 4.90 Å². The van der Waals surface area contributed by atoms with Crippen LogP contribution in [0.4, 0.5) is 23.2 Å². The predicted molar refractivity (Wildman–Crippen MR) is 117 cm³/mol. The van der Waals surface area contributed by atoms with E-state index >= 15 is 0 Å². The van der Waals surface area contributed by atoms with Crippen molar-refractivity contribution in [1.82, 2.24) is 24.6 Å². The second kappa shape index (κ2) is 8.37. The van der Waals surface area contributed by atoms with E-state index in [9.17, 15) is 22.4 Å². The van der Waals surface area contributed by atoms with Crippen LogP contribution in [0.15, 0.2) is 24.4 Å². The molecular weight excluding hydrogens is 476 g/mol. The summed E-state index contributed by atoms with van der Waals surface area (Å²) >= 11 is 6.05. The van der Waals surface area contributed by atoms with Gasteiger partial charge in [0.2, 0.25) is 11.7 Å². The lowest BCUT2D eigenvalue weighted by atomic mass is 9.85. The maximum atomic E-state index is 14.8. The Balaban J connectivity index is 1.32. The van der Waals surface area contributed by atoms with Gasteiger partial charge in [-0.15, -0.1) is 10.2 Å². The van der Waals surface area contributed by atoms with Gasteiger partial charge in [0.05, 0.1) is 23.9 Å². The standard InChI is InChI=1S/C22H21ClF4N6O/c1-12-10-31(19-15-3-2-13(23)8-17(15)28-9-16(19)24)5-4-14(12)20(34)32-6-7-33-18(11-32)29-30-21(33)22(25,26)27/h2-3,8-9,12,14H,4-7,10-11H2,1H3/t12-,14+/m1/s1. The number of halogens is 5. The fourth-order valence-corrected chi connectivity index (χ4v) is 5.12. The van der Waals surface area contributed by atoms with Crippen molar-refractivity contribution in [1.29, 1.82) is 0 Å². The predicted octanol–water partition coefficient (Wildman–Crippen LogP) is 4.14. The third kappa shape index (κ3) is 3.95. The van der Waals surface area contributed by atoms with E-state index < -0.39 is 17.8 Å². The number of benzene rings is 1. The van der Waals surface area contributed by atoms with Crippen LogP contribution in [0, 0.1) is 17.7 Å². The summed E-state index contributed by atoms with van der Waals surface area (Å²) in [5.41, 5.74) is 1.02. The lowest BCUT2D eigenvalue weighted by Crippen LogP contribution is -2.49. The molecule has 1 saturated heterocycles. The van der Waals surface area contributed by atoms with Gasteiger partial charge in [0.15, 0.2) is 11.6 Å². The Morgan fingerprint density at radius 3 is 2.71 bits per heavy atom. The van der Waals surface area contributed by atoms with Crippen molar-refractivity contribution in [2.24, 2.45) is 11.8 Å². The second-order valence-electron chi connectivity index (χ2n) is 8.78. The van der Waals surface area contributed by atoms with E-state index in [4.69, 9.17) is 11.6 Å². The number of fused-ring (bicyclic) bond motifs is 2. The fourth-order valence-electron chi connectivity index (χ4n) is 4.95. The van der Waals surface area contributed by atoms with Gasteiger partial charge in [-0.05, 0) is 30.5 Å². The molecule has 2 aromatic heterocycles. The SMILES string of the molecule is C[C@@H]1CN(c2c(F)cnc3cc(Cl)ccc23)CC[C@@H]1C(=O)N1CCn2c(nnc2C(F)(F)F)C1. The number of pyridine rings is 1. The average Bonchev–Trinajstić information content (AvgIpc) is 3.22. The Morgan fingerprint density at radius 1 is 1.18 bits per heavy atom. The molecule has 1 amide bonds. The number of aromatic nitrogens is 4. The molecule has 7 nitrogen and oxygen atoms in total. The van der Waals surface area contributed by atoms with Gasteiger partial charge in [-0.1, -0.05) is 18.5 Å². The lowest BCUT2D eigenvalue weighted by molar-refractivity contribution is -0.148. The molecule has 0 bridgehead atoms. The van der Waals surface area contributed by atoms with Gasteiger partial charge in [-0.25, -0.2) is 4.39 Å². The van der Waals surface area contributed by atoms with E-state index in [0.29, 0.717) is 41.1 Å². The number of carbonyl (C=O) groups is 1. The summed E-state index contributed by atoms with van der Waals surface area (Å²) < 4.78 is 55.1. The molecule has 180 valence electrons. The van der Waals surface area contributed by atoms with E-state index in [-0.39, 0.29) is 43.2 Å². The molecule has 3 aromatic rings. The summed E-state index contributed by atoms with van der Waals surface area (Å²) in [7, 11) is 0. The van der Waals surface area contributed by atoms with Crippen LogP contribution in [0.1, 0.15) is 25.0 Å². The molecule has 5 rings (SSSR count). The number of alkyl halides is 3. The number of nitrogens with zero attached hydrogens (tertiary/aromatic N) is 6. The van der Waals surface area contributed by atoms with Gasteiger partial charge in [0.25, 0.3) is 0 Å². The number of amides is 1. The maximum absolute atomic E-state index is 14.8. The molecule has 0 radical (unpaired) electrons. The van der Waals surface area contributed by atoms with Crippen LogP contribution in [-0.4, -0.2) is 50.2 Å². The first-order valence-electron chi connectivity index (χ1n) is 10.9. The molecule has 34 heavy (non-hydrogen) atoms. The largest absolute Gasteiger partial charge is 0.451 e. The number of hydrogen-bond donors (Lipinski definition) is 0. The van der Waals surface area contributed by atoms with Crippen molar-refractivity contribution in [3.8, 4) is 0 Å². The zero-order valence-electron chi connectivity index (χ0n) is 18.2. The topological polar surface area (TPSA) is 67.2 Å². The van der Waals surface area contributed by atoms with E-state index in [1.165, 1.54) is 6.20 Å². The summed E-state index contributed by atoms with van der Waals surface area (Å²) in [4.78, 5) is 20.9. The summed E-state index contributed by atoms with van der Waals surface area (Å²) in [5, 5.41) is 8.08.